The molecule has 2 atom stereocenters. The number of likely N-dealkylation sites (tertiary alicyclic amines) is 1. The SMILES string of the molecule is CN(C)C1(C)CN(c2nc3c(F)c(-c4cccc5cccc(Cl)c45)c(Cl)cc3c3c2cnn3[C@H]2CCN(C(=O)O)[C@H](CC#N)C2)C1. The summed E-state index contributed by atoms with van der Waals surface area (Å²) in [5.41, 5.74) is 1.58. The molecule has 7 rings (SSSR count). The first-order chi connectivity index (χ1) is 22.0. The minimum atomic E-state index is -1.04. The minimum absolute atomic E-state index is 0.0729. The fourth-order valence-electron chi connectivity index (χ4n) is 7.14. The van der Waals surface area contributed by atoms with E-state index in [2.05, 4.69) is 22.8 Å². The van der Waals surface area contributed by atoms with Gasteiger partial charge >= 0.3 is 6.09 Å². The number of hydrogen-bond acceptors (Lipinski definition) is 6. The molecule has 2 aliphatic rings. The van der Waals surface area contributed by atoms with E-state index < -0.39 is 18.0 Å². The summed E-state index contributed by atoms with van der Waals surface area (Å²) >= 11 is 13.6. The van der Waals surface area contributed by atoms with Crippen LogP contribution in [-0.4, -0.2) is 81.1 Å². The van der Waals surface area contributed by atoms with Crippen LogP contribution in [0.25, 0.3) is 43.7 Å². The van der Waals surface area contributed by atoms with Crippen LogP contribution in [0.5, 0.6) is 0 Å². The monoisotopic (exact) mass is 659 g/mol. The molecule has 2 fully saturated rings. The van der Waals surface area contributed by atoms with E-state index in [4.69, 9.17) is 33.3 Å². The van der Waals surface area contributed by atoms with Crippen LogP contribution in [0.4, 0.5) is 15.0 Å². The molecule has 12 heteroatoms. The van der Waals surface area contributed by atoms with Crippen LogP contribution in [0.15, 0.2) is 48.7 Å². The zero-order chi connectivity index (χ0) is 32.5. The zero-order valence-corrected chi connectivity index (χ0v) is 27.1. The number of rotatable bonds is 5. The predicted molar refractivity (Wildman–Crippen MR) is 179 cm³/mol. The molecule has 46 heavy (non-hydrogen) atoms. The van der Waals surface area contributed by atoms with Crippen molar-refractivity contribution in [2.75, 3.05) is 38.6 Å². The highest BCUT2D eigenvalue weighted by atomic mass is 35.5. The standard InChI is InChI=1S/C34H32Cl2FN7O2/c1-34(41(2)3)17-42(18-34)32-24-16-39-44(21-11-13-43(33(45)46)20(14-21)10-12-38)31(24)23-15-26(36)28(29(37)30(23)40-32)22-8-4-6-19-7-5-9-25(35)27(19)22/h4-9,15-16,20-21H,10-11,13-14,17-18H2,1-3H3,(H,45,46)/t20-,21+/m1/s1. The third-order valence-corrected chi connectivity index (χ3v) is 10.5. The number of fused-ring (bicyclic) bond motifs is 4. The molecule has 0 spiro atoms. The summed E-state index contributed by atoms with van der Waals surface area (Å²) in [6.45, 7) is 3.83. The topological polar surface area (TPSA) is 102 Å². The third kappa shape index (κ3) is 4.72. The molecule has 2 saturated heterocycles. The lowest BCUT2D eigenvalue weighted by Crippen LogP contribution is -2.67. The number of amides is 1. The number of hydrogen-bond donors (Lipinski definition) is 1. The van der Waals surface area contributed by atoms with Gasteiger partial charge in [0.1, 0.15) is 11.3 Å². The number of pyridine rings is 1. The first-order valence-electron chi connectivity index (χ1n) is 15.2. The largest absolute Gasteiger partial charge is 0.465 e. The molecule has 0 bridgehead atoms. The van der Waals surface area contributed by atoms with Crippen molar-refractivity contribution >= 4 is 67.7 Å². The van der Waals surface area contributed by atoms with Crippen molar-refractivity contribution in [3.8, 4) is 17.2 Å². The molecule has 0 aliphatic carbocycles. The van der Waals surface area contributed by atoms with E-state index in [1.165, 1.54) is 4.90 Å². The lowest BCUT2D eigenvalue weighted by molar-refractivity contribution is 0.0915. The van der Waals surface area contributed by atoms with Crippen LogP contribution >= 0.6 is 23.2 Å². The molecule has 3 aromatic carbocycles. The quantitative estimate of drug-likeness (QED) is 0.207. The molecule has 4 heterocycles. The van der Waals surface area contributed by atoms with Crippen LogP contribution in [-0.2, 0) is 0 Å². The van der Waals surface area contributed by atoms with E-state index in [-0.39, 0.29) is 40.6 Å². The third-order valence-electron chi connectivity index (χ3n) is 9.87. The van der Waals surface area contributed by atoms with E-state index in [0.717, 1.165) is 10.8 Å². The Morgan fingerprint density at radius 2 is 1.91 bits per heavy atom. The van der Waals surface area contributed by atoms with Crippen molar-refractivity contribution in [1.82, 2.24) is 24.6 Å². The number of carbonyl (C=O) groups is 1. The van der Waals surface area contributed by atoms with Gasteiger partial charge in [-0.05, 0) is 56.9 Å². The molecule has 0 radical (unpaired) electrons. The number of benzene rings is 3. The summed E-state index contributed by atoms with van der Waals surface area (Å²) in [6, 6.07) is 14.3. The van der Waals surface area contributed by atoms with E-state index in [0.29, 0.717) is 58.6 Å². The molecule has 0 unspecified atom stereocenters. The average Bonchev–Trinajstić information content (AvgIpc) is 3.45. The van der Waals surface area contributed by atoms with E-state index >= 15 is 4.39 Å². The number of halogens is 3. The first-order valence-corrected chi connectivity index (χ1v) is 15.9. The van der Waals surface area contributed by atoms with Gasteiger partial charge in [0.15, 0.2) is 5.82 Å². The van der Waals surface area contributed by atoms with Crippen molar-refractivity contribution in [1.29, 1.82) is 5.26 Å². The highest BCUT2D eigenvalue weighted by molar-refractivity contribution is 6.38. The Bertz CT molecular complexity index is 2080. The number of nitriles is 1. The van der Waals surface area contributed by atoms with Crippen LogP contribution in [0.3, 0.4) is 0 Å². The summed E-state index contributed by atoms with van der Waals surface area (Å²) in [6.07, 6.45) is 1.69. The Labute approximate surface area is 275 Å². The number of nitrogens with zero attached hydrogens (tertiary/aromatic N) is 7. The highest BCUT2D eigenvalue weighted by Crippen LogP contribution is 2.45. The van der Waals surface area contributed by atoms with Crippen LogP contribution in [0.2, 0.25) is 10.0 Å². The van der Waals surface area contributed by atoms with Gasteiger partial charge in [-0.1, -0.05) is 53.5 Å². The molecular weight excluding hydrogens is 628 g/mol. The molecular formula is C34H32Cl2FN7O2. The molecule has 9 nitrogen and oxygen atoms in total. The van der Waals surface area contributed by atoms with Gasteiger partial charge in [-0.15, -0.1) is 0 Å². The fraction of sp³-hybridized carbons (Fsp3) is 0.353. The summed E-state index contributed by atoms with van der Waals surface area (Å²) in [7, 11) is 4.09. The number of piperidine rings is 1. The Morgan fingerprint density at radius 1 is 1.17 bits per heavy atom. The summed E-state index contributed by atoms with van der Waals surface area (Å²) in [4.78, 5) is 22.5. The Balaban J connectivity index is 1.46. The smallest absolute Gasteiger partial charge is 0.407 e. The second kappa shape index (κ2) is 11.3. The molecule has 2 aliphatic heterocycles. The van der Waals surface area contributed by atoms with Crippen LogP contribution in [0.1, 0.15) is 32.2 Å². The van der Waals surface area contributed by atoms with Gasteiger partial charge in [-0.2, -0.15) is 10.4 Å². The zero-order valence-electron chi connectivity index (χ0n) is 25.6. The van der Waals surface area contributed by atoms with Crippen molar-refractivity contribution in [2.24, 2.45) is 0 Å². The Morgan fingerprint density at radius 3 is 2.61 bits per heavy atom. The summed E-state index contributed by atoms with van der Waals surface area (Å²) < 4.78 is 18.9. The van der Waals surface area contributed by atoms with Gasteiger partial charge in [0, 0.05) is 41.0 Å². The van der Waals surface area contributed by atoms with Gasteiger partial charge in [0.05, 0.1) is 52.2 Å². The molecule has 1 N–H and O–H groups in total. The molecule has 2 aromatic heterocycles. The predicted octanol–water partition coefficient (Wildman–Crippen LogP) is 7.59. The van der Waals surface area contributed by atoms with Gasteiger partial charge in [0.25, 0.3) is 0 Å². The van der Waals surface area contributed by atoms with Gasteiger partial charge in [0.2, 0.25) is 0 Å². The average molecular weight is 661 g/mol. The fourth-order valence-corrected chi connectivity index (χ4v) is 7.72. The van der Waals surface area contributed by atoms with E-state index in [1.54, 1.807) is 18.3 Å². The van der Waals surface area contributed by atoms with E-state index in [9.17, 15) is 15.2 Å². The maximum Gasteiger partial charge on any atom is 0.407 e. The molecule has 0 saturated carbocycles. The normalized spacial score (nSPS) is 19.6. The second-order valence-electron chi connectivity index (χ2n) is 12.8. The van der Waals surface area contributed by atoms with Crippen LogP contribution < -0.4 is 4.90 Å². The molecule has 236 valence electrons. The van der Waals surface area contributed by atoms with Gasteiger partial charge < -0.3 is 19.8 Å². The van der Waals surface area contributed by atoms with Gasteiger partial charge in [-0.3, -0.25) is 4.68 Å². The van der Waals surface area contributed by atoms with Crippen molar-refractivity contribution in [2.45, 2.75) is 43.8 Å². The lowest BCUT2D eigenvalue weighted by atomic mass is 9.90. The number of carboxylic acid groups (broad SMARTS) is 1. The van der Waals surface area contributed by atoms with Gasteiger partial charge in [-0.25, -0.2) is 14.2 Å². The Hall–Kier alpha value is -4.17. The van der Waals surface area contributed by atoms with Crippen molar-refractivity contribution < 1.29 is 14.3 Å². The minimum Gasteiger partial charge on any atom is -0.465 e. The number of anilines is 1. The van der Waals surface area contributed by atoms with Crippen molar-refractivity contribution in [3.63, 3.8) is 0 Å². The first kappa shape index (κ1) is 30.5. The number of likely N-dealkylation sites (N-methyl/N-ethyl adjacent to an activating group) is 1. The summed E-state index contributed by atoms with van der Waals surface area (Å²) in [5.74, 6) is 0.0810. The summed E-state index contributed by atoms with van der Waals surface area (Å²) in [5, 5.41) is 27.6. The van der Waals surface area contributed by atoms with Crippen molar-refractivity contribution in [3.05, 3.63) is 64.5 Å². The lowest BCUT2D eigenvalue weighted by Gasteiger charge is -2.52. The second-order valence-corrected chi connectivity index (χ2v) is 13.6. The van der Waals surface area contributed by atoms with E-state index in [1.807, 2.05) is 49.1 Å². The maximum atomic E-state index is 17.1. The Kier molecular flexibility index (Phi) is 7.46. The highest BCUT2D eigenvalue weighted by Gasteiger charge is 2.42. The molecule has 5 aromatic rings. The van der Waals surface area contributed by atoms with Crippen LogP contribution in [0, 0.1) is 17.1 Å². The number of aromatic nitrogens is 3. The molecule has 1 amide bonds. The maximum absolute atomic E-state index is 17.1.